The fourth-order valence-corrected chi connectivity index (χ4v) is 4.28. The quantitative estimate of drug-likeness (QED) is 0.0487. The molecule has 4 unspecified atom stereocenters. The van der Waals surface area contributed by atoms with Crippen molar-refractivity contribution < 1.29 is 29.4 Å². The Morgan fingerprint density at radius 2 is 1.49 bits per heavy atom. The van der Waals surface area contributed by atoms with Crippen LogP contribution in [-0.4, -0.2) is 89.1 Å². The number of carbonyl (C=O) groups is 4. The first kappa shape index (κ1) is 35.5. The fraction of sp³-hybridized carbons (Fsp3) is 0.577. The van der Waals surface area contributed by atoms with Crippen molar-refractivity contribution in [3.05, 3.63) is 29.8 Å². The maximum atomic E-state index is 13.4. The Morgan fingerprint density at radius 1 is 0.878 bits per heavy atom. The van der Waals surface area contributed by atoms with Crippen LogP contribution in [0.3, 0.4) is 0 Å². The van der Waals surface area contributed by atoms with Gasteiger partial charge in [0, 0.05) is 13.0 Å². The Kier molecular flexibility index (Phi) is 16.9. The van der Waals surface area contributed by atoms with Crippen molar-refractivity contribution in [2.75, 3.05) is 25.1 Å². The molecule has 0 spiro atoms. The number of phenolic OH excluding ortho intramolecular Hbond substituents is 1. The Morgan fingerprint density at radius 3 is 2.07 bits per heavy atom. The first-order valence-electron chi connectivity index (χ1n) is 13.4. The molecule has 0 aromatic heterocycles. The molecule has 1 aromatic carbocycles. The summed E-state index contributed by atoms with van der Waals surface area (Å²) in [7, 11) is 0. The van der Waals surface area contributed by atoms with Crippen LogP contribution in [0.4, 0.5) is 0 Å². The minimum atomic E-state index is -1.19. The van der Waals surface area contributed by atoms with Gasteiger partial charge in [0.1, 0.15) is 23.9 Å². The third kappa shape index (κ3) is 14.6. The first-order valence-corrected chi connectivity index (χ1v) is 14.8. The number of aromatic hydroxyl groups is 1. The van der Waals surface area contributed by atoms with Crippen LogP contribution in [-0.2, 0) is 25.6 Å². The second-order valence-corrected chi connectivity index (χ2v) is 10.5. The van der Waals surface area contributed by atoms with E-state index in [0.29, 0.717) is 43.7 Å². The van der Waals surface area contributed by atoms with Gasteiger partial charge in [-0.1, -0.05) is 12.1 Å². The summed E-state index contributed by atoms with van der Waals surface area (Å²) >= 11 is 1.44. The number of carbonyl (C=O) groups excluding carboxylic acids is 3. The molecular formula is C26H44N8O6S. The number of unbranched alkanes of at least 4 members (excludes halogenated alkanes) is 1. The van der Waals surface area contributed by atoms with Crippen LogP contribution < -0.4 is 38.9 Å². The highest BCUT2D eigenvalue weighted by molar-refractivity contribution is 7.98. The molecule has 1 rings (SSSR count). The van der Waals surface area contributed by atoms with Crippen LogP contribution in [0.5, 0.6) is 5.75 Å². The first-order chi connectivity index (χ1) is 19.5. The van der Waals surface area contributed by atoms with Gasteiger partial charge in [-0.25, -0.2) is 4.79 Å². The Labute approximate surface area is 244 Å². The van der Waals surface area contributed by atoms with E-state index in [1.165, 1.54) is 23.9 Å². The number of phenols is 1. The number of carboxylic acid groups (broad SMARTS) is 1. The Bertz CT molecular complexity index is 1010. The zero-order chi connectivity index (χ0) is 30.8. The number of carboxylic acids is 1. The standard InChI is InChI=1S/C26H44N8O6S/c1-41-14-11-20(25(39)40)33-24(38)21(15-16-7-9-17(35)10-8-16)34-23(37)19(6-2-3-12-27)32-22(36)18(28)5-4-13-31-26(29)30/h7-10,18-21,35H,2-6,11-15,27-28H2,1H3,(H,32,36)(H,33,38)(H,34,37)(H,39,40)(H4,29,30,31). The molecule has 15 heteroatoms. The molecule has 4 atom stereocenters. The summed E-state index contributed by atoms with van der Waals surface area (Å²) in [6, 6.07) is 1.82. The highest BCUT2D eigenvalue weighted by Gasteiger charge is 2.30. The van der Waals surface area contributed by atoms with E-state index in [4.69, 9.17) is 22.9 Å². The van der Waals surface area contributed by atoms with Crippen LogP contribution in [0.25, 0.3) is 0 Å². The van der Waals surface area contributed by atoms with E-state index in [9.17, 15) is 29.4 Å². The molecule has 0 aliphatic heterocycles. The van der Waals surface area contributed by atoms with Crippen molar-refractivity contribution in [1.82, 2.24) is 16.0 Å². The number of nitrogens with one attached hydrogen (secondary N) is 3. The van der Waals surface area contributed by atoms with Gasteiger partial charge < -0.3 is 49.1 Å². The van der Waals surface area contributed by atoms with Gasteiger partial charge in [-0.05, 0) is 74.8 Å². The minimum Gasteiger partial charge on any atom is -0.508 e. The number of thioether (sulfide) groups is 1. The molecule has 230 valence electrons. The third-order valence-corrected chi connectivity index (χ3v) is 6.76. The van der Waals surface area contributed by atoms with Gasteiger partial charge in [0.25, 0.3) is 0 Å². The van der Waals surface area contributed by atoms with E-state index in [-0.39, 0.29) is 37.4 Å². The summed E-state index contributed by atoms with van der Waals surface area (Å²) in [5.41, 5.74) is 22.8. The number of aliphatic carboxylic acids is 1. The summed E-state index contributed by atoms with van der Waals surface area (Å²) in [5, 5.41) is 27.0. The maximum Gasteiger partial charge on any atom is 0.326 e. The van der Waals surface area contributed by atoms with E-state index >= 15 is 0 Å². The molecule has 0 radical (unpaired) electrons. The summed E-state index contributed by atoms with van der Waals surface area (Å²) in [6.45, 7) is 0.692. The number of nitrogens with two attached hydrogens (primary N) is 4. The highest BCUT2D eigenvalue weighted by atomic mass is 32.2. The van der Waals surface area contributed by atoms with E-state index in [2.05, 4.69) is 20.9 Å². The number of hydrogen-bond donors (Lipinski definition) is 9. The topological polar surface area (TPSA) is 261 Å². The van der Waals surface area contributed by atoms with Crippen LogP contribution in [0.15, 0.2) is 29.3 Å². The molecule has 0 aliphatic carbocycles. The molecule has 0 heterocycles. The SMILES string of the molecule is CSCCC(NC(=O)C(Cc1ccc(O)cc1)NC(=O)C(CCCCN)NC(=O)C(N)CCCN=C(N)N)C(=O)O. The second kappa shape index (κ2) is 19.5. The Balaban J connectivity index is 3.08. The van der Waals surface area contributed by atoms with Crippen LogP contribution in [0, 0.1) is 0 Å². The largest absolute Gasteiger partial charge is 0.508 e. The second-order valence-electron chi connectivity index (χ2n) is 9.51. The van der Waals surface area contributed by atoms with Crippen LogP contribution in [0.2, 0.25) is 0 Å². The zero-order valence-electron chi connectivity index (χ0n) is 23.4. The van der Waals surface area contributed by atoms with E-state index in [1.807, 2.05) is 6.26 Å². The van der Waals surface area contributed by atoms with Crippen molar-refractivity contribution in [1.29, 1.82) is 0 Å². The molecule has 13 N–H and O–H groups in total. The van der Waals surface area contributed by atoms with Crippen molar-refractivity contribution in [3.8, 4) is 5.75 Å². The average molecular weight is 597 g/mol. The number of benzene rings is 1. The van der Waals surface area contributed by atoms with Gasteiger partial charge in [0.2, 0.25) is 17.7 Å². The third-order valence-electron chi connectivity index (χ3n) is 6.12. The number of aliphatic imine (C=N–C) groups is 1. The predicted molar refractivity (Wildman–Crippen MR) is 159 cm³/mol. The van der Waals surface area contributed by atoms with E-state index in [0.717, 1.165) is 0 Å². The lowest BCUT2D eigenvalue weighted by Gasteiger charge is -2.25. The lowest BCUT2D eigenvalue weighted by atomic mass is 10.0. The molecular weight excluding hydrogens is 552 g/mol. The normalized spacial score (nSPS) is 13.7. The van der Waals surface area contributed by atoms with Gasteiger partial charge in [-0.2, -0.15) is 11.8 Å². The van der Waals surface area contributed by atoms with Gasteiger partial charge in [0.05, 0.1) is 6.04 Å². The minimum absolute atomic E-state index is 0.0144. The number of amides is 3. The molecule has 14 nitrogen and oxygen atoms in total. The van der Waals surface area contributed by atoms with Crippen LogP contribution >= 0.6 is 11.8 Å². The van der Waals surface area contributed by atoms with Gasteiger partial charge in [0.15, 0.2) is 5.96 Å². The van der Waals surface area contributed by atoms with Crippen LogP contribution in [0.1, 0.15) is 44.1 Å². The van der Waals surface area contributed by atoms with Crippen molar-refractivity contribution >= 4 is 41.4 Å². The summed E-state index contributed by atoms with van der Waals surface area (Å²) < 4.78 is 0. The highest BCUT2D eigenvalue weighted by Crippen LogP contribution is 2.13. The summed E-state index contributed by atoms with van der Waals surface area (Å²) in [5.74, 6) is -2.59. The molecule has 0 bridgehead atoms. The summed E-state index contributed by atoms with van der Waals surface area (Å²) in [4.78, 5) is 55.0. The molecule has 0 fully saturated rings. The van der Waals surface area contributed by atoms with Crippen molar-refractivity contribution in [2.45, 2.75) is 69.1 Å². The number of hydrogen-bond acceptors (Lipinski definition) is 9. The molecule has 0 aliphatic rings. The molecule has 0 saturated heterocycles. The fourth-order valence-electron chi connectivity index (χ4n) is 3.81. The molecule has 0 saturated carbocycles. The number of nitrogens with zero attached hydrogens (tertiary/aromatic N) is 1. The number of rotatable bonds is 20. The zero-order valence-corrected chi connectivity index (χ0v) is 24.2. The van der Waals surface area contributed by atoms with Gasteiger partial charge >= 0.3 is 5.97 Å². The summed E-state index contributed by atoms with van der Waals surface area (Å²) in [6.07, 6.45) is 4.14. The van der Waals surface area contributed by atoms with Gasteiger partial charge in [-0.3, -0.25) is 19.4 Å². The lowest BCUT2D eigenvalue weighted by molar-refractivity contribution is -0.142. The van der Waals surface area contributed by atoms with Gasteiger partial charge in [-0.15, -0.1) is 0 Å². The Hall–Kier alpha value is -3.56. The smallest absolute Gasteiger partial charge is 0.326 e. The molecule has 41 heavy (non-hydrogen) atoms. The lowest BCUT2D eigenvalue weighted by Crippen LogP contribution is -2.57. The van der Waals surface area contributed by atoms with Crippen molar-refractivity contribution in [2.24, 2.45) is 27.9 Å². The monoisotopic (exact) mass is 596 g/mol. The van der Waals surface area contributed by atoms with E-state index < -0.39 is 47.9 Å². The molecule has 1 aromatic rings. The average Bonchev–Trinajstić information content (AvgIpc) is 2.92. The predicted octanol–water partition coefficient (Wildman–Crippen LogP) is -1.26. The van der Waals surface area contributed by atoms with E-state index in [1.54, 1.807) is 12.1 Å². The maximum absolute atomic E-state index is 13.4. The number of guanidine groups is 1. The van der Waals surface area contributed by atoms with Crippen molar-refractivity contribution in [3.63, 3.8) is 0 Å². The molecule has 3 amide bonds.